The van der Waals surface area contributed by atoms with Crippen LogP contribution in [0, 0.1) is 5.92 Å². The zero-order valence-electron chi connectivity index (χ0n) is 16.9. The van der Waals surface area contributed by atoms with Crippen molar-refractivity contribution < 1.29 is 9.26 Å². The van der Waals surface area contributed by atoms with Crippen molar-refractivity contribution in [3.63, 3.8) is 0 Å². The Hall–Kier alpha value is -2.35. The third kappa shape index (κ3) is 5.34. The summed E-state index contributed by atoms with van der Waals surface area (Å²) in [6.07, 6.45) is 1.76. The van der Waals surface area contributed by atoms with Crippen molar-refractivity contribution in [2.75, 3.05) is 0 Å². The molecular formula is C20H27N5O2S. The molecule has 0 fully saturated rings. The highest BCUT2D eigenvalue weighted by Crippen LogP contribution is 2.23. The number of hydrogen-bond donors (Lipinski definition) is 0. The quantitative estimate of drug-likeness (QED) is 0.468. The summed E-state index contributed by atoms with van der Waals surface area (Å²) in [6, 6.07) is 8.17. The number of ether oxygens (including phenoxy) is 1. The molecule has 3 aromatic rings. The molecule has 0 atom stereocenters. The predicted octanol–water partition coefficient (Wildman–Crippen LogP) is 4.31. The van der Waals surface area contributed by atoms with Gasteiger partial charge < -0.3 is 13.8 Å². The standard InChI is InChI=1S/C20H27N5O2S/c1-5-15-7-9-16(10-8-15)26-12-18-22-23-20(25(18)11-14(3)4)28-13-17-21-19(6-2)27-24-17/h7-10,14H,5-6,11-13H2,1-4H3. The van der Waals surface area contributed by atoms with Crippen LogP contribution in [0.3, 0.4) is 0 Å². The van der Waals surface area contributed by atoms with Crippen LogP contribution in [0.5, 0.6) is 5.75 Å². The van der Waals surface area contributed by atoms with Gasteiger partial charge in [0.2, 0.25) is 5.89 Å². The first kappa shape index (κ1) is 20.4. The largest absolute Gasteiger partial charge is 0.486 e. The van der Waals surface area contributed by atoms with E-state index in [0.29, 0.717) is 30.0 Å². The van der Waals surface area contributed by atoms with Crippen LogP contribution >= 0.6 is 11.8 Å². The molecule has 1 aromatic carbocycles. The Labute approximate surface area is 169 Å². The van der Waals surface area contributed by atoms with E-state index in [-0.39, 0.29) is 0 Å². The Morgan fingerprint density at radius 2 is 1.89 bits per heavy atom. The Bertz CT molecular complexity index is 873. The molecule has 0 spiro atoms. The van der Waals surface area contributed by atoms with Gasteiger partial charge in [0.1, 0.15) is 12.4 Å². The lowest BCUT2D eigenvalue weighted by molar-refractivity contribution is 0.284. The fraction of sp³-hybridized carbons (Fsp3) is 0.500. The van der Waals surface area contributed by atoms with Gasteiger partial charge in [0.15, 0.2) is 16.8 Å². The maximum absolute atomic E-state index is 5.94. The number of aromatic nitrogens is 5. The zero-order valence-corrected chi connectivity index (χ0v) is 17.7. The van der Waals surface area contributed by atoms with Crippen molar-refractivity contribution in [2.45, 2.75) is 64.6 Å². The van der Waals surface area contributed by atoms with Crippen LogP contribution in [0.4, 0.5) is 0 Å². The first-order chi connectivity index (χ1) is 13.6. The van der Waals surface area contributed by atoms with Crippen molar-refractivity contribution in [1.29, 1.82) is 0 Å². The molecule has 28 heavy (non-hydrogen) atoms. The molecule has 2 heterocycles. The maximum Gasteiger partial charge on any atom is 0.226 e. The van der Waals surface area contributed by atoms with Crippen LogP contribution in [0.2, 0.25) is 0 Å². The second-order valence-electron chi connectivity index (χ2n) is 6.94. The van der Waals surface area contributed by atoms with Crippen LogP contribution < -0.4 is 4.74 Å². The number of benzene rings is 1. The molecular weight excluding hydrogens is 374 g/mol. The van der Waals surface area contributed by atoms with Crippen molar-refractivity contribution in [2.24, 2.45) is 5.92 Å². The van der Waals surface area contributed by atoms with E-state index in [1.54, 1.807) is 11.8 Å². The van der Waals surface area contributed by atoms with Gasteiger partial charge in [-0.05, 0) is 30.0 Å². The van der Waals surface area contributed by atoms with Crippen LogP contribution in [-0.4, -0.2) is 24.9 Å². The SMILES string of the molecule is CCc1ccc(OCc2nnc(SCc3noc(CC)n3)n2CC(C)C)cc1. The molecule has 0 aliphatic carbocycles. The Morgan fingerprint density at radius 1 is 1.11 bits per heavy atom. The predicted molar refractivity (Wildman–Crippen MR) is 108 cm³/mol. The van der Waals surface area contributed by atoms with E-state index < -0.39 is 0 Å². The van der Waals surface area contributed by atoms with E-state index in [1.165, 1.54) is 5.56 Å². The van der Waals surface area contributed by atoms with Gasteiger partial charge in [0.25, 0.3) is 0 Å². The van der Waals surface area contributed by atoms with E-state index >= 15 is 0 Å². The van der Waals surface area contributed by atoms with Gasteiger partial charge in [-0.3, -0.25) is 0 Å². The first-order valence-electron chi connectivity index (χ1n) is 9.67. The van der Waals surface area contributed by atoms with Gasteiger partial charge in [0.05, 0.1) is 5.75 Å². The molecule has 3 rings (SSSR count). The Balaban J connectivity index is 1.67. The third-order valence-corrected chi connectivity index (χ3v) is 5.15. The smallest absolute Gasteiger partial charge is 0.226 e. The van der Waals surface area contributed by atoms with Crippen molar-refractivity contribution in [3.8, 4) is 5.75 Å². The first-order valence-corrected chi connectivity index (χ1v) is 10.7. The molecule has 2 aromatic heterocycles. The number of rotatable bonds is 10. The molecule has 0 aliphatic heterocycles. The average molecular weight is 402 g/mol. The van der Waals surface area contributed by atoms with Gasteiger partial charge in [-0.1, -0.05) is 56.7 Å². The summed E-state index contributed by atoms with van der Waals surface area (Å²) in [5.74, 6) is 4.05. The van der Waals surface area contributed by atoms with Gasteiger partial charge in [0, 0.05) is 13.0 Å². The zero-order chi connectivity index (χ0) is 19.9. The molecule has 0 amide bonds. The summed E-state index contributed by atoms with van der Waals surface area (Å²) in [5.41, 5.74) is 1.29. The van der Waals surface area contributed by atoms with E-state index in [1.807, 2.05) is 19.1 Å². The minimum Gasteiger partial charge on any atom is -0.486 e. The topological polar surface area (TPSA) is 78.9 Å². The molecule has 0 saturated heterocycles. The Kier molecular flexibility index (Phi) is 7.08. The minimum absolute atomic E-state index is 0.383. The van der Waals surface area contributed by atoms with Crippen LogP contribution in [0.1, 0.15) is 50.8 Å². The normalized spacial score (nSPS) is 11.3. The summed E-state index contributed by atoms with van der Waals surface area (Å²) in [4.78, 5) is 4.35. The summed E-state index contributed by atoms with van der Waals surface area (Å²) in [5, 5.41) is 13.6. The highest BCUT2D eigenvalue weighted by molar-refractivity contribution is 7.98. The summed E-state index contributed by atoms with van der Waals surface area (Å²) in [6.45, 7) is 9.70. The number of aryl methyl sites for hydroxylation is 2. The molecule has 0 radical (unpaired) electrons. The lowest BCUT2D eigenvalue weighted by atomic mass is 10.2. The number of thioether (sulfide) groups is 1. The molecule has 7 nitrogen and oxygen atoms in total. The van der Waals surface area contributed by atoms with E-state index in [9.17, 15) is 0 Å². The Morgan fingerprint density at radius 3 is 2.54 bits per heavy atom. The molecule has 8 heteroatoms. The lowest BCUT2D eigenvalue weighted by Gasteiger charge is -2.13. The summed E-state index contributed by atoms with van der Waals surface area (Å²) in [7, 11) is 0. The second-order valence-corrected chi connectivity index (χ2v) is 7.88. The average Bonchev–Trinajstić information content (AvgIpc) is 3.31. The van der Waals surface area contributed by atoms with Gasteiger partial charge in [-0.2, -0.15) is 4.98 Å². The van der Waals surface area contributed by atoms with Crippen LogP contribution in [0.25, 0.3) is 0 Å². The molecule has 0 unspecified atom stereocenters. The highest BCUT2D eigenvalue weighted by Gasteiger charge is 2.16. The van der Waals surface area contributed by atoms with E-state index in [0.717, 1.165) is 36.1 Å². The van der Waals surface area contributed by atoms with E-state index in [2.05, 4.69) is 57.8 Å². The second kappa shape index (κ2) is 9.73. The van der Waals surface area contributed by atoms with Gasteiger partial charge in [-0.15, -0.1) is 10.2 Å². The third-order valence-electron chi connectivity index (χ3n) is 4.18. The summed E-state index contributed by atoms with van der Waals surface area (Å²) >= 11 is 1.56. The van der Waals surface area contributed by atoms with Crippen molar-refractivity contribution >= 4 is 11.8 Å². The lowest BCUT2D eigenvalue weighted by Crippen LogP contribution is -2.12. The highest BCUT2D eigenvalue weighted by atomic mass is 32.2. The molecule has 0 saturated carbocycles. The summed E-state index contributed by atoms with van der Waals surface area (Å²) < 4.78 is 13.2. The van der Waals surface area contributed by atoms with Gasteiger partial charge in [-0.25, -0.2) is 0 Å². The molecule has 0 aliphatic rings. The number of hydrogen-bond acceptors (Lipinski definition) is 7. The number of nitrogens with zero attached hydrogens (tertiary/aromatic N) is 5. The molecule has 0 N–H and O–H groups in total. The van der Waals surface area contributed by atoms with Crippen molar-refractivity contribution in [1.82, 2.24) is 24.9 Å². The maximum atomic E-state index is 5.94. The van der Waals surface area contributed by atoms with Crippen molar-refractivity contribution in [3.05, 3.63) is 47.4 Å². The fourth-order valence-electron chi connectivity index (χ4n) is 2.67. The monoisotopic (exact) mass is 401 g/mol. The van der Waals surface area contributed by atoms with Crippen LogP contribution in [0.15, 0.2) is 33.9 Å². The van der Waals surface area contributed by atoms with E-state index in [4.69, 9.17) is 9.26 Å². The van der Waals surface area contributed by atoms with Gasteiger partial charge >= 0.3 is 0 Å². The molecule has 150 valence electrons. The van der Waals surface area contributed by atoms with Crippen LogP contribution in [-0.2, 0) is 31.7 Å². The minimum atomic E-state index is 0.383. The fourth-order valence-corrected chi connectivity index (χ4v) is 3.48. The molecule has 0 bridgehead atoms.